The molecule has 1 aromatic rings. The Bertz CT molecular complexity index is 352. The van der Waals surface area contributed by atoms with Gasteiger partial charge in [-0.25, -0.2) is 0 Å². The highest BCUT2D eigenvalue weighted by atomic mass is 16.5. The second kappa shape index (κ2) is 5.29. The van der Waals surface area contributed by atoms with Gasteiger partial charge in [-0.05, 0) is 18.9 Å². The van der Waals surface area contributed by atoms with E-state index in [1.807, 2.05) is 12.1 Å². The summed E-state index contributed by atoms with van der Waals surface area (Å²) in [5.74, 6) is -0.167. The quantitative estimate of drug-likeness (QED) is 0.559. The highest BCUT2D eigenvalue weighted by molar-refractivity contribution is 5.94. The topological polar surface area (TPSA) is 43.4 Å². The van der Waals surface area contributed by atoms with Crippen LogP contribution in [0.1, 0.15) is 29.3 Å². The Labute approximate surface area is 89.1 Å². The lowest BCUT2D eigenvalue weighted by Gasteiger charge is -2.01. The standard InChI is InChI=1S/C12H14O3/c1-9(13)11-6-3-10(4-7-11)5-8-12(14)15-2/h3-4,6-7H,5,8H2,1-2H3. The molecule has 0 amide bonds. The lowest BCUT2D eigenvalue weighted by molar-refractivity contribution is -0.140. The first-order chi connectivity index (χ1) is 7.13. The SMILES string of the molecule is COC(=O)CCc1ccc(C(C)=O)cc1. The van der Waals surface area contributed by atoms with Crippen molar-refractivity contribution in [2.75, 3.05) is 7.11 Å². The smallest absolute Gasteiger partial charge is 0.305 e. The van der Waals surface area contributed by atoms with E-state index >= 15 is 0 Å². The van der Waals surface area contributed by atoms with Crippen LogP contribution >= 0.6 is 0 Å². The predicted octanol–water partition coefficient (Wildman–Crippen LogP) is 1.99. The zero-order valence-electron chi connectivity index (χ0n) is 8.95. The van der Waals surface area contributed by atoms with Gasteiger partial charge in [0.15, 0.2) is 5.78 Å². The first-order valence-corrected chi connectivity index (χ1v) is 4.80. The van der Waals surface area contributed by atoms with Gasteiger partial charge in [-0.3, -0.25) is 9.59 Å². The second-order valence-electron chi connectivity index (χ2n) is 3.33. The van der Waals surface area contributed by atoms with Crippen molar-refractivity contribution in [1.82, 2.24) is 0 Å². The number of Topliss-reactive ketones (excluding diaryl/α,β-unsaturated/α-hetero) is 1. The van der Waals surface area contributed by atoms with Crippen molar-refractivity contribution in [3.8, 4) is 0 Å². The molecule has 0 unspecified atom stereocenters. The Hall–Kier alpha value is -1.64. The summed E-state index contributed by atoms with van der Waals surface area (Å²) in [4.78, 5) is 21.9. The number of carbonyl (C=O) groups is 2. The van der Waals surface area contributed by atoms with Crippen molar-refractivity contribution in [3.63, 3.8) is 0 Å². The van der Waals surface area contributed by atoms with E-state index in [2.05, 4.69) is 4.74 Å². The maximum atomic E-state index is 11.0. The van der Waals surface area contributed by atoms with Crippen molar-refractivity contribution in [2.24, 2.45) is 0 Å². The van der Waals surface area contributed by atoms with E-state index < -0.39 is 0 Å². The summed E-state index contributed by atoms with van der Waals surface area (Å²) < 4.78 is 4.54. The Morgan fingerprint density at radius 2 is 1.80 bits per heavy atom. The molecule has 0 spiro atoms. The molecule has 0 bridgehead atoms. The molecule has 1 rings (SSSR count). The lowest BCUT2D eigenvalue weighted by atomic mass is 10.1. The number of aryl methyl sites for hydroxylation is 1. The molecule has 0 aliphatic rings. The van der Waals surface area contributed by atoms with Crippen LogP contribution in [0.4, 0.5) is 0 Å². The van der Waals surface area contributed by atoms with E-state index in [0.717, 1.165) is 5.56 Å². The summed E-state index contributed by atoms with van der Waals surface area (Å²) in [5.41, 5.74) is 1.72. The maximum Gasteiger partial charge on any atom is 0.305 e. The molecular weight excluding hydrogens is 192 g/mol. The first-order valence-electron chi connectivity index (χ1n) is 4.80. The van der Waals surface area contributed by atoms with Gasteiger partial charge in [0.1, 0.15) is 0 Å². The second-order valence-corrected chi connectivity index (χ2v) is 3.33. The van der Waals surface area contributed by atoms with Crippen LogP contribution in [0.5, 0.6) is 0 Å². The predicted molar refractivity (Wildman–Crippen MR) is 56.8 cm³/mol. The fourth-order valence-corrected chi connectivity index (χ4v) is 1.25. The molecule has 15 heavy (non-hydrogen) atoms. The maximum absolute atomic E-state index is 11.0. The number of ketones is 1. The van der Waals surface area contributed by atoms with Gasteiger partial charge in [0.2, 0.25) is 0 Å². The summed E-state index contributed by atoms with van der Waals surface area (Å²) >= 11 is 0. The number of methoxy groups -OCH3 is 1. The largest absolute Gasteiger partial charge is 0.469 e. The Kier molecular flexibility index (Phi) is 4.03. The minimum atomic E-state index is -0.217. The van der Waals surface area contributed by atoms with Crippen molar-refractivity contribution in [3.05, 3.63) is 35.4 Å². The van der Waals surface area contributed by atoms with Crippen molar-refractivity contribution in [1.29, 1.82) is 0 Å². The average Bonchev–Trinajstić information content (AvgIpc) is 2.26. The van der Waals surface area contributed by atoms with Gasteiger partial charge in [0, 0.05) is 12.0 Å². The molecule has 0 aliphatic carbocycles. The first kappa shape index (κ1) is 11.4. The van der Waals surface area contributed by atoms with E-state index in [-0.39, 0.29) is 11.8 Å². The zero-order valence-corrected chi connectivity index (χ0v) is 8.95. The molecule has 0 N–H and O–H groups in total. The highest BCUT2D eigenvalue weighted by Gasteiger charge is 2.02. The number of benzene rings is 1. The number of ether oxygens (including phenoxy) is 1. The minimum Gasteiger partial charge on any atom is -0.469 e. The molecule has 0 fully saturated rings. The molecule has 0 saturated carbocycles. The third kappa shape index (κ3) is 3.54. The van der Waals surface area contributed by atoms with E-state index in [1.54, 1.807) is 12.1 Å². The zero-order chi connectivity index (χ0) is 11.3. The number of hydrogen-bond acceptors (Lipinski definition) is 3. The molecule has 0 aromatic heterocycles. The van der Waals surface area contributed by atoms with Gasteiger partial charge >= 0.3 is 5.97 Å². The lowest BCUT2D eigenvalue weighted by Crippen LogP contribution is -2.02. The summed E-state index contributed by atoms with van der Waals surface area (Å²) in [5, 5.41) is 0. The van der Waals surface area contributed by atoms with Crippen LogP contribution in [0.2, 0.25) is 0 Å². The molecule has 0 radical (unpaired) electrons. The molecular formula is C12H14O3. The minimum absolute atomic E-state index is 0.0505. The molecule has 80 valence electrons. The molecule has 3 nitrogen and oxygen atoms in total. The molecule has 0 atom stereocenters. The third-order valence-corrected chi connectivity index (χ3v) is 2.21. The molecule has 0 aliphatic heterocycles. The van der Waals surface area contributed by atoms with E-state index in [1.165, 1.54) is 14.0 Å². The Morgan fingerprint density at radius 1 is 1.20 bits per heavy atom. The summed E-state index contributed by atoms with van der Waals surface area (Å²) in [6.45, 7) is 1.53. The van der Waals surface area contributed by atoms with Crippen LogP contribution in [0, 0.1) is 0 Å². The molecule has 1 aromatic carbocycles. The van der Waals surface area contributed by atoms with Crippen LogP contribution in [-0.4, -0.2) is 18.9 Å². The number of carbonyl (C=O) groups excluding carboxylic acids is 2. The normalized spacial score (nSPS) is 9.73. The van der Waals surface area contributed by atoms with Gasteiger partial charge in [-0.1, -0.05) is 24.3 Å². The van der Waals surface area contributed by atoms with Crippen LogP contribution < -0.4 is 0 Å². The van der Waals surface area contributed by atoms with Crippen LogP contribution in [0.3, 0.4) is 0 Å². The van der Waals surface area contributed by atoms with Crippen molar-refractivity contribution in [2.45, 2.75) is 19.8 Å². The fraction of sp³-hybridized carbons (Fsp3) is 0.333. The fourth-order valence-electron chi connectivity index (χ4n) is 1.25. The Morgan fingerprint density at radius 3 is 2.27 bits per heavy atom. The highest BCUT2D eigenvalue weighted by Crippen LogP contribution is 2.07. The molecule has 0 saturated heterocycles. The number of rotatable bonds is 4. The average molecular weight is 206 g/mol. The van der Waals surface area contributed by atoms with Crippen molar-refractivity contribution >= 4 is 11.8 Å². The van der Waals surface area contributed by atoms with E-state index in [4.69, 9.17) is 0 Å². The van der Waals surface area contributed by atoms with Gasteiger partial charge in [-0.15, -0.1) is 0 Å². The van der Waals surface area contributed by atoms with Crippen LogP contribution in [-0.2, 0) is 16.0 Å². The van der Waals surface area contributed by atoms with Crippen LogP contribution in [0.25, 0.3) is 0 Å². The third-order valence-electron chi connectivity index (χ3n) is 2.21. The number of esters is 1. The summed E-state index contributed by atoms with van der Waals surface area (Å²) in [6.07, 6.45) is 1.01. The number of hydrogen-bond donors (Lipinski definition) is 0. The monoisotopic (exact) mass is 206 g/mol. The van der Waals surface area contributed by atoms with Crippen molar-refractivity contribution < 1.29 is 14.3 Å². The molecule has 3 heteroatoms. The summed E-state index contributed by atoms with van der Waals surface area (Å²) in [6, 6.07) is 7.27. The Balaban J connectivity index is 2.57. The summed E-state index contributed by atoms with van der Waals surface area (Å²) in [7, 11) is 1.38. The van der Waals surface area contributed by atoms with E-state index in [9.17, 15) is 9.59 Å². The van der Waals surface area contributed by atoms with Gasteiger partial charge < -0.3 is 4.74 Å². The van der Waals surface area contributed by atoms with Crippen LogP contribution in [0.15, 0.2) is 24.3 Å². The molecule has 0 heterocycles. The van der Waals surface area contributed by atoms with E-state index in [0.29, 0.717) is 18.4 Å². The van der Waals surface area contributed by atoms with Gasteiger partial charge in [0.25, 0.3) is 0 Å². The van der Waals surface area contributed by atoms with Gasteiger partial charge in [0.05, 0.1) is 7.11 Å². The van der Waals surface area contributed by atoms with Gasteiger partial charge in [-0.2, -0.15) is 0 Å².